The molecule has 0 N–H and O–H groups in total. The summed E-state index contributed by atoms with van der Waals surface area (Å²) in [4.78, 5) is 4.63. The Hall–Kier alpha value is -11.3. The van der Waals surface area contributed by atoms with Crippen molar-refractivity contribution in [2.45, 2.75) is 0 Å². The van der Waals surface area contributed by atoms with E-state index < -0.39 is 0 Å². The van der Waals surface area contributed by atoms with Gasteiger partial charge in [-0.25, -0.2) is 0 Å². The number of hydrogen-bond donors (Lipinski definition) is 0. The molecule has 0 radical (unpaired) electrons. The molecule has 0 atom stereocenters. The van der Waals surface area contributed by atoms with E-state index >= 15 is 0 Å². The van der Waals surface area contributed by atoms with Crippen LogP contribution in [0.2, 0.25) is 0 Å². The summed E-state index contributed by atoms with van der Waals surface area (Å²) in [5.41, 5.74) is 21.8. The summed E-state index contributed by atoms with van der Waals surface area (Å²) in [6, 6.07) is 101. The number of benzene rings is 13. The molecule has 0 aliphatic carbocycles. The minimum absolute atomic E-state index is 0.867. The molecule has 390 valence electrons. The molecule has 6 heterocycles. The highest BCUT2D eigenvalue weighted by atomic mass is 16.3. The molecule has 0 aliphatic rings. The minimum Gasteiger partial charge on any atom is -0.454 e. The Labute approximate surface area is 480 Å². The van der Waals surface area contributed by atoms with Crippen LogP contribution in [0.4, 0.5) is 34.1 Å². The lowest BCUT2D eigenvalue weighted by atomic mass is 9.96. The summed E-state index contributed by atoms with van der Waals surface area (Å²) >= 11 is 0. The monoisotopic (exact) mass is 1070 g/mol. The van der Waals surface area contributed by atoms with Gasteiger partial charge in [0.1, 0.15) is 11.2 Å². The molecule has 6 heteroatoms. The zero-order valence-corrected chi connectivity index (χ0v) is 45.2. The molecule has 84 heavy (non-hydrogen) atoms. The summed E-state index contributed by atoms with van der Waals surface area (Å²) in [5, 5.41) is 14.4. The first-order chi connectivity index (χ1) is 41.7. The van der Waals surface area contributed by atoms with E-state index in [0.717, 1.165) is 89.1 Å². The quantitative estimate of drug-likeness (QED) is 0.152. The van der Waals surface area contributed by atoms with E-state index in [0.29, 0.717) is 0 Å². The topological polar surface area (TPSA) is 41.6 Å². The highest BCUT2D eigenvalue weighted by Crippen LogP contribution is 2.50. The van der Waals surface area contributed by atoms with Gasteiger partial charge in [-0.05, 0) is 119 Å². The second-order valence-electron chi connectivity index (χ2n) is 22.3. The normalized spacial score (nSPS) is 12.3. The van der Waals surface area contributed by atoms with E-state index in [4.69, 9.17) is 8.83 Å². The fourth-order valence-corrected chi connectivity index (χ4v) is 14.4. The SMILES string of the molecule is c1ccc(N(c2ccc(-c3ccc4c5cc6c(cc5n5c7ccccc7c3c45)c3ccc(-c4ccc(N(c5ccccc5)c5cccc7c5oc5ccccc57)cc4)c4c5ccccc5n6c34)cc2)c2cccc3c2oc2ccccc23)cc1. The Morgan fingerprint density at radius 2 is 0.619 bits per heavy atom. The number of furan rings is 2. The molecular weight excluding hydrogens is 1020 g/mol. The van der Waals surface area contributed by atoms with Crippen molar-refractivity contribution in [3.05, 3.63) is 279 Å². The largest absolute Gasteiger partial charge is 0.454 e. The molecular formula is C78H46N4O2. The second-order valence-corrected chi connectivity index (χ2v) is 22.3. The molecule has 0 saturated heterocycles. The van der Waals surface area contributed by atoms with Gasteiger partial charge in [-0.1, -0.05) is 182 Å². The van der Waals surface area contributed by atoms with Gasteiger partial charge >= 0.3 is 0 Å². The number of rotatable bonds is 8. The fourth-order valence-electron chi connectivity index (χ4n) is 14.4. The van der Waals surface area contributed by atoms with Crippen molar-refractivity contribution in [2.75, 3.05) is 9.80 Å². The van der Waals surface area contributed by atoms with Crippen molar-refractivity contribution < 1.29 is 8.83 Å². The lowest BCUT2D eigenvalue weighted by molar-refractivity contribution is 0.668. The highest BCUT2D eigenvalue weighted by Gasteiger charge is 2.27. The first-order valence-corrected chi connectivity index (χ1v) is 28.7. The fraction of sp³-hybridized carbons (Fsp3) is 0. The standard InChI is InChI=1S/C78H46N4O2/c1-3-17-49(18-4-1)79(67-29-15-25-59-55-21-9-13-31-71(55)83-77(59)67)51-37-33-47(34-38-51)53-41-43-57-63-45-70-64(46-69(63)81-65-27-11-7-23-61(65)73(53)75(57)81)58-44-42-54(74-62-24-8-12-28-66(62)82(70)76(58)74)48-35-39-52(40-36-48)80(50-19-5-2-6-20-50)68-30-16-26-60-56-22-10-14-32-72(56)84-78(60)68/h1-46H. The molecule has 19 aromatic rings. The number of hydrogen-bond acceptors (Lipinski definition) is 4. The summed E-state index contributed by atoms with van der Waals surface area (Å²) in [6.07, 6.45) is 0. The maximum absolute atomic E-state index is 6.63. The molecule has 0 fully saturated rings. The maximum Gasteiger partial charge on any atom is 0.159 e. The molecule has 0 saturated carbocycles. The molecule has 0 aliphatic heterocycles. The van der Waals surface area contributed by atoms with Crippen LogP contribution in [-0.2, 0) is 0 Å². The Morgan fingerprint density at radius 1 is 0.250 bits per heavy atom. The van der Waals surface area contributed by atoms with E-state index in [9.17, 15) is 0 Å². The van der Waals surface area contributed by atoms with Gasteiger partial charge < -0.3 is 27.4 Å². The Balaban J connectivity index is 0.753. The molecule has 6 nitrogen and oxygen atoms in total. The van der Waals surface area contributed by atoms with Crippen LogP contribution in [-0.4, -0.2) is 8.80 Å². The Kier molecular flexibility index (Phi) is 9.24. The van der Waals surface area contributed by atoms with Crippen LogP contribution in [0.15, 0.2) is 288 Å². The lowest BCUT2D eigenvalue weighted by Gasteiger charge is -2.25. The highest BCUT2D eigenvalue weighted by molar-refractivity contribution is 6.32. The van der Waals surface area contributed by atoms with Crippen LogP contribution in [0.25, 0.3) is 142 Å². The van der Waals surface area contributed by atoms with Crippen LogP contribution in [0.3, 0.4) is 0 Å². The Bertz CT molecular complexity index is 5490. The molecule has 13 aromatic carbocycles. The number of fused-ring (bicyclic) bond motifs is 18. The van der Waals surface area contributed by atoms with Gasteiger partial charge in [0.25, 0.3) is 0 Å². The molecule has 19 rings (SSSR count). The molecule has 0 amide bonds. The number of anilines is 6. The van der Waals surface area contributed by atoms with Crippen LogP contribution < -0.4 is 9.80 Å². The third-order valence-electron chi connectivity index (χ3n) is 18.0. The van der Waals surface area contributed by atoms with Crippen molar-refractivity contribution in [3.63, 3.8) is 0 Å². The van der Waals surface area contributed by atoms with E-state index in [1.165, 1.54) is 87.3 Å². The zero-order valence-electron chi connectivity index (χ0n) is 45.2. The van der Waals surface area contributed by atoms with Crippen molar-refractivity contribution in [1.29, 1.82) is 0 Å². The molecule has 6 aromatic heterocycles. The Morgan fingerprint density at radius 3 is 1.06 bits per heavy atom. The van der Waals surface area contributed by atoms with Crippen molar-refractivity contribution in [3.8, 4) is 22.3 Å². The summed E-state index contributed by atoms with van der Waals surface area (Å²) in [6.45, 7) is 0. The van der Waals surface area contributed by atoms with Crippen molar-refractivity contribution in [2.24, 2.45) is 0 Å². The maximum atomic E-state index is 6.63. The van der Waals surface area contributed by atoms with Gasteiger partial charge in [-0.2, -0.15) is 0 Å². The predicted molar refractivity (Wildman–Crippen MR) is 351 cm³/mol. The average Bonchev–Trinajstić information content (AvgIpc) is 2.40. The van der Waals surface area contributed by atoms with E-state index in [2.05, 4.69) is 286 Å². The first-order valence-electron chi connectivity index (χ1n) is 28.7. The van der Waals surface area contributed by atoms with Gasteiger partial charge in [0.05, 0.1) is 44.5 Å². The average molecular weight is 1070 g/mol. The predicted octanol–water partition coefficient (Wildman–Crippen LogP) is 22.1. The summed E-state index contributed by atoms with van der Waals surface area (Å²) in [7, 11) is 0. The first kappa shape index (κ1) is 45.4. The van der Waals surface area contributed by atoms with Gasteiger partial charge in [0, 0.05) is 87.4 Å². The lowest BCUT2D eigenvalue weighted by Crippen LogP contribution is -2.10. The summed E-state index contributed by atoms with van der Waals surface area (Å²) in [5.74, 6) is 0. The van der Waals surface area contributed by atoms with Crippen molar-refractivity contribution >= 4 is 154 Å². The van der Waals surface area contributed by atoms with Crippen LogP contribution in [0.5, 0.6) is 0 Å². The molecule has 0 bridgehead atoms. The zero-order chi connectivity index (χ0) is 54.7. The molecule has 0 unspecified atom stereocenters. The van der Waals surface area contributed by atoms with Crippen LogP contribution >= 0.6 is 0 Å². The second kappa shape index (κ2) is 17.1. The third kappa shape index (κ3) is 6.23. The number of para-hydroxylation sites is 8. The van der Waals surface area contributed by atoms with E-state index in [1.807, 2.05) is 12.1 Å². The smallest absolute Gasteiger partial charge is 0.159 e. The van der Waals surface area contributed by atoms with E-state index in [1.54, 1.807) is 0 Å². The van der Waals surface area contributed by atoms with Gasteiger partial charge in [-0.15, -0.1) is 0 Å². The molecule has 0 spiro atoms. The van der Waals surface area contributed by atoms with Gasteiger partial charge in [0.2, 0.25) is 0 Å². The third-order valence-corrected chi connectivity index (χ3v) is 18.0. The van der Waals surface area contributed by atoms with Crippen molar-refractivity contribution in [1.82, 2.24) is 8.80 Å². The summed E-state index contributed by atoms with van der Waals surface area (Å²) < 4.78 is 18.3. The number of aromatic nitrogens is 2. The van der Waals surface area contributed by atoms with E-state index in [-0.39, 0.29) is 0 Å². The van der Waals surface area contributed by atoms with Gasteiger partial charge in [-0.3, -0.25) is 0 Å². The van der Waals surface area contributed by atoms with Crippen LogP contribution in [0, 0.1) is 0 Å². The minimum atomic E-state index is 0.867. The number of nitrogens with zero attached hydrogens (tertiary/aromatic N) is 4. The van der Waals surface area contributed by atoms with Crippen LogP contribution in [0.1, 0.15) is 0 Å². The van der Waals surface area contributed by atoms with Gasteiger partial charge in [0.15, 0.2) is 11.2 Å².